The summed E-state index contributed by atoms with van der Waals surface area (Å²) >= 11 is 20.0. The number of aromatic nitrogens is 12. The Balaban J connectivity index is 0.000000156. The van der Waals surface area contributed by atoms with Crippen LogP contribution in [0.4, 0.5) is 17.5 Å². The van der Waals surface area contributed by atoms with Crippen LogP contribution in [0.3, 0.4) is 0 Å². The van der Waals surface area contributed by atoms with E-state index in [0.717, 1.165) is 80.5 Å². The molecule has 3 saturated carbocycles. The van der Waals surface area contributed by atoms with Gasteiger partial charge in [-0.2, -0.15) is 0 Å². The Morgan fingerprint density at radius 3 is 1.30 bits per heavy atom. The molecule has 11 N–H and O–H groups in total. The number of fused-ring (bicyclic) bond motifs is 3. The first-order chi connectivity index (χ1) is 48.5. The average molecular weight is 1580 g/mol. The zero-order chi connectivity index (χ0) is 73.4. The summed E-state index contributed by atoms with van der Waals surface area (Å²) in [4.78, 5) is 54.5. The summed E-state index contributed by atoms with van der Waals surface area (Å²) < 4.78 is 77.7. The molecule has 6 aliphatic rings. The highest BCUT2D eigenvalue weighted by Gasteiger charge is 2.48. The number of imidazole rings is 3. The molecule has 6 aromatic heterocycles. The number of hydrogen-bond donors (Lipinski definition) is 11. The minimum absolute atomic E-state index is 0.0940. The van der Waals surface area contributed by atoms with Crippen molar-refractivity contribution in [1.82, 2.24) is 58.7 Å². The van der Waals surface area contributed by atoms with Crippen LogP contribution in [0.5, 0.6) is 0 Å². The molecular weight excluding hydrogens is 1490 g/mol. The fraction of sp³-hybridized carbons (Fsp3) is 0.565. The molecule has 2 unspecified atom stereocenters. The van der Waals surface area contributed by atoms with Crippen molar-refractivity contribution in [3.8, 4) is 0 Å². The highest BCUT2D eigenvalue weighted by atomic mass is 35.9. The van der Waals surface area contributed by atoms with Crippen LogP contribution < -0.4 is 16.0 Å². The van der Waals surface area contributed by atoms with Gasteiger partial charge in [0.25, 0.3) is 11.7 Å². The molecular formula is C62H85Cl4N15O17P4. The molecule has 13 atom stereocenters. The lowest BCUT2D eigenvalue weighted by Crippen LogP contribution is -2.33. The predicted octanol–water partition coefficient (Wildman–Crippen LogP) is 10.4. The van der Waals surface area contributed by atoms with E-state index in [2.05, 4.69) is 96.8 Å². The molecule has 1 aromatic carbocycles. The van der Waals surface area contributed by atoms with Crippen LogP contribution in [-0.4, -0.2) is 191 Å². The zero-order valence-electron chi connectivity index (χ0n) is 55.8. The number of aliphatic hydroxyl groups is 5. The standard InChI is InChI=1S/C26H33N5O2.C18H27N5O9P2.C17H23N5O4.CH2Cl4O2P2/c1-4-21-17(3)23(32-16-18-11-7-6-8-12-18)24(33-21)20-15-27-26-25(28-19-13-9-10-14-19)29-22(5-2)30-31(20)26;1-2-13-21-17(20-10-5-3-4-6-10)18-19-7-11(23(18)22-13)16-15(25)14(24)12(32-16)8-31-34(29,30)9-33(26,27)28;1-2-12-20-16(19-9-5-3-4-6-9)17-18-7-10(22(17)21-12)15-14(25)13(24)11(8-23)26-15;2-8(3,6)1-9(4,5)7/h5-8,11-12,15,17,19,21,23-24H,2,4,9-10,13-14,16H2,1,3H3,(H,28,29,30);2,7,10,12,14-16,24-25H,1,3-6,8-9H2,(H,29,30)(H,20,21,22)(H2,26,27,28);2,7,9,11,13-15,23-25H,1,3-6,8H2,(H,19,20,21);1H2/t17-,21-,23?,24+;12-,14-,15-,16+;11-,13-,14-,15+;/m111./s1. The van der Waals surface area contributed by atoms with Crippen LogP contribution in [0.1, 0.15) is 156 Å². The summed E-state index contributed by atoms with van der Waals surface area (Å²) in [6.45, 7) is 15.2. The van der Waals surface area contributed by atoms with Crippen LogP contribution >= 0.6 is 71.8 Å². The Kier molecular flexibility index (Phi) is 27.1. The molecule has 3 saturated heterocycles. The highest BCUT2D eigenvalue weighted by Crippen LogP contribution is 2.72. The van der Waals surface area contributed by atoms with Gasteiger partial charge in [-0.25, -0.2) is 43.5 Å². The average Bonchev–Trinajstić information content (AvgIpc) is 1.62. The van der Waals surface area contributed by atoms with Crippen molar-refractivity contribution in [1.29, 1.82) is 0 Å². The largest absolute Gasteiger partial charge is 0.394 e. The van der Waals surface area contributed by atoms with Crippen LogP contribution in [0, 0.1) is 5.92 Å². The third-order valence-electron chi connectivity index (χ3n) is 18.2. The Morgan fingerprint density at radius 1 is 0.569 bits per heavy atom. The van der Waals surface area contributed by atoms with E-state index in [1.165, 1.54) is 42.5 Å². The van der Waals surface area contributed by atoms with Crippen LogP contribution in [0.2, 0.25) is 0 Å². The zero-order valence-corrected chi connectivity index (χ0v) is 62.4. The molecule has 0 bridgehead atoms. The number of aliphatic hydroxyl groups excluding tert-OH is 5. The van der Waals surface area contributed by atoms with E-state index < -0.39 is 94.1 Å². The highest BCUT2D eigenvalue weighted by molar-refractivity contribution is 8.21. The molecule has 6 fully saturated rings. The van der Waals surface area contributed by atoms with Gasteiger partial charge >= 0.3 is 15.2 Å². The first kappa shape index (κ1) is 79.6. The van der Waals surface area contributed by atoms with Gasteiger partial charge in [-0.1, -0.05) is 102 Å². The summed E-state index contributed by atoms with van der Waals surface area (Å²) in [5.74, 6) is -5.23. The van der Waals surface area contributed by atoms with Crippen molar-refractivity contribution in [3.63, 3.8) is 0 Å². The smallest absolute Gasteiger partial charge is 0.340 e. The monoisotopic (exact) mass is 1580 g/mol. The van der Waals surface area contributed by atoms with E-state index in [0.29, 0.717) is 70.5 Å². The molecule has 3 aliphatic heterocycles. The van der Waals surface area contributed by atoms with Gasteiger partial charge in [0.1, 0.15) is 60.8 Å². The van der Waals surface area contributed by atoms with E-state index in [1.54, 1.807) is 22.9 Å². The Hall–Kier alpha value is -4.95. The molecule has 0 spiro atoms. The van der Waals surface area contributed by atoms with Crippen molar-refractivity contribution < 1.29 is 81.9 Å². The fourth-order valence-electron chi connectivity index (χ4n) is 13.2. The molecule has 7 aromatic rings. The molecule has 40 heteroatoms. The summed E-state index contributed by atoms with van der Waals surface area (Å²) in [6.07, 6.45) is 14.4. The SMILES string of the molecule is C=Cc1nc(NC2CCCC2)c2ncc([C@@H]3O[C@H](CC)[C@@H](C)C3OCc3ccccc3)n2n1.C=Cc1nc(NC2CCCC2)c2ncc([C@@H]3O[C@H](CO)[C@@H](O)[C@H]3O)n2n1.C=Cc1nc(NC2CCCC2)c2ncc([C@@H]3O[C@H](COP(=O)(O)CP(=O)(O)O)[C@@H](O)[C@H]3O)n2n1.O=P(Cl)(Cl)CP(=O)(Cl)Cl. The lowest BCUT2D eigenvalue weighted by Gasteiger charge is -2.22. The molecule has 102 heavy (non-hydrogen) atoms. The third kappa shape index (κ3) is 20.2. The second kappa shape index (κ2) is 34.7. The van der Waals surface area contributed by atoms with Crippen molar-refractivity contribution in [2.45, 2.75) is 189 Å². The van der Waals surface area contributed by atoms with Gasteiger partial charge in [0, 0.05) is 24.0 Å². The molecule has 3 aliphatic carbocycles. The number of nitrogens with zero attached hydrogens (tertiary/aromatic N) is 12. The van der Waals surface area contributed by atoms with Crippen LogP contribution in [0.15, 0.2) is 68.7 Å². The van der Waals surface area contributed by atoms with Gasteiger partial charge in [0.2, 0.25) is 0 Å². The van der Waals surface area contributed by atoms with Crippen molar-refractivity contribution in [2.24, 2.45) is 5.92 Å². The van der Waals surface area contributed by atoms with Gasteiger partial charge in [-0.3, -0.25) is 18.3 Å². The summed E-state index contributed by atoms with van der Waals surface area (Å²) in [6, 6.07) is 11.3. The maximum atomic E-state index is 11.9. The van der Waals surface area contributed by atoms with Gasteiger partial charge in [-0.15, -0.1) is 15.3 Å². The number of ether oxygens (including phenoxy) is 4. The Labute approximate surface area is 606 Å². The molecule has 558 valence electrons. The molecule has 13 rings (SSSR count). The van der Waals surface area contributed by atoms with E-state index in [-0.39, 0.29) is 36.9 Å². The number of anilines is 3. The van der Waals surface area contributed by atoms with Gasteiger partial charge < -0.3 is 79.6 Å². The fourth-order valence-corrected chi connectivity index (χ4v) is 24.7. The number of halogens is 4. The maximum Gasteiger partial charge on any atom is 0.340 e. The quantitative estimate of drug-likeness (QED) is 0.0250. The lowest BCUT2D eigenvalue weighted by atomic mass is 9.95. The normalized spacial score (nSPS) is 26.3. The summed E-state index contributed by atoms with van der Waals surface area (Å²) in [5.41, 5.74) is 4.47. The van der Waals surface area contributed by atoms with E-state index in [1.807, 2.05) is 28.9 Å². The van der Waals surface area contributed by atoms with Gasteiger partial charge in [0.05, 0.1) is 67.7 Å². The lowest BCUT2D eigenvalue weighted by molar-refractivity contribution is -0.0362. The molecule has 32 nitrogen and oxygen atoms in total. The minimum Gasteiger partial charge on any atom is -0.394 e. The van der Waals surface area contributed by atoms with Gasteiger partial charge in [-0.05, 0) is 114 Å². The summed E-state index contributed by atoms with van der Waals surface area (Å²) in [7, 11) is -9.47. The first-order valence-corrected chi connectivity index (χ1v) is 44.3. The van der Waals surface area contributed by atoms with E-state index in [4.69, 9.17) is 88.3 Å². The second-order valence-corrected chi connectivity index (χ2v) is 40.7. The Bertz CT molecular complexity index is 4210. The van der Waals surface area contributed by atoms with E-state index in [9.17, 15) is 48.7 Å². The molecule has 0 amide bonds. The van der Waals surface area contributed by atoms with Gasteiger partial charge in [0.15, 0.2) is 57.8 Å². The van der Waals surface area contributed by atoms with Crippen molar-refractivity contribution >= 4 is 124 Å². The maximum absolute atomic E-state index is 11.9. The first-order valence-electron chi connectivity index (χ1n) is 33.3. The third-order valence-corrected chi connectivity index (χ3v) is 28.1. The number of rotatable bonds is 24. The molecule has 9 heterocycles. The van der Waals surface area contributed by atoms with Crippen molar-refractivity contribution in [2.75, 3.05) is 41.0 Å². The minimum atomic E-state index is -4.81. The number of benzene rings is 1. The van der Waals surface area contributed by atoms with Crippen LogP contribution in [0.25, 0.3) is 35.2 Å². The molecule has 0 radical (unpaired) electrons. The predicted molar refractivity (Wildman–Crippen MR) is 385 cm³/mol. The van der Waals surface area contributed by atoms with Crippen molar-refractivity contribution in [3.05, 3.63) is 109 Å². The van der Waals surface area contributed by atoms with Crippen LogP contribution in [-0.2, 0) is 48.3 Å². The van der Waals surface area contributed by atoms with E-state index >= 15 is 0 Å². The number of hydrogen-bond acceptors (Lipinski definition) is 26. The number of nitrogens with one attached hydrogen (secondary N) is 3. The second-order valence-electron chi connectivity index (χ2n) is 25.7. The topological polar surface area (TPSA) is 442 Å². The summed E-state index contributed by atoms with van der Waals surface area (Å²) in [5, 5.41) is 74.5. The Morgan fingerprint density at radius 2 is 0.951 bits per heavy atom.